The molecule has 4 rings (SSSR count). The average Bonchev–Trinajstić information content (AvgIpc) is 3.18. The van der Waals surface area contributed by atoms with Crippen molar-refractivity contribution >= 4 is 17.5 Å². The zero-order chi connectivity index (χ0) is 18.8. The molecule has 2 heterocycles. The predicted molar refractivity (Wildman–Crippen MR) is 98.2 cm³/mol. The number of anilines is 1. The zero-order valence-electron chi connectivity index (χ0n) is 14.5. The molecule has 1 aromatic heterocycles. The van der Waals surface area contributed by atoms with Crippen molar-refractivity contribution in [3.63, 3.8) is 0 Å². The topological polar surface area (TPSA) is 58.4 Å². The molecule has 0 spiro atoms. The third-order valence-corrected chi connectivity index (χ3v) is 4.46. The maximum atomic E-state index is 13.4. The van der Waals surface area contributed by atoms with Gasteiger partial charge in [0.05, 0.1) is 5.69 Å². The van der Waals surface area contributed by atoms with Gasteiger partial charge in [0.25, 0.3) is 5.91 Å². The molecule has 1 fully saturated rings. The number of benzene rings is 2. The lowest BCUT2D eigenvalue weighted by molar-refractivity contribution is -0.120. The van der Waals surface area contributed by atoms with Crippen LogP contribution in [0.4, 0.5) is 10.1 Å². The summed E-state index contributed by atoms with van der Waals surface area (Å²) >= 11 is 0. The Hall–Kier alpha value is -3.48. The molecular weight excluding hydrogens is 347 g/mol. The molecule has 1 aliphatic rings. The van der Waals surface area contributed by atoms with Gasteiger partial charge in [0, 0.05) is 25.0 Å². The molecule has 2 amide bonds. The molecule has 0 saturated carbocycles. The van der Waals surface area contributed by atoms with E-state index in [9.17, 15) is 14.0 Å². The van der Waals surface area contributed by atoms with Crippen molar-refractivity contribution in [1.29, 1.82) is 0 Å². The van der Waals surface area contributed by atoms with Crippen LogP contribution in [0.25, 0.3) is 5.69 Å². The maximum Gasteiger partial charge on any atom is 0.274 e. The summed E-state index contributed by atoms with van der Waals surface area (Å²) in [4.78, 5) is 28.1. The third-order valence-electron chi connectivity index (χ3n) is 4.46. The first kappa shape index (κ1) is 17.0. The fourth-order valence-corrected chi connectivity index (χ4v) is 3.09. The lowest BCUT2D eigenvalue weighted by Gasteiger charge is -2.34. The van der Waals surface area contributed by atoms with Gasteiger partial charge in [-0.1, -0.05) is 24.3 Å². The summed E-state index contributed by atoms with van der Waals surface area (Å²) < 4.78 is 15.0. The second-order valence-electron chi connectivity index (χ2n) is 6.23. The van der Waals surface area contributed by atoms with E-state index in [1.54, 1.807) is 29.1 Å². The number of piperazine rings is 1. The summed E-state index contributed by atoms with van der Waals surface area (Å²) in [6, 6.07) is 17.0. The Balaban J connectivity index is 1.47. The van der Waals surface area contributed by atoms with Crippen LogP contribution in [0.1, 0.15) is 10.5 Å². The quantitative estimate of drug-likeness (QED) is 0.718. The second-order valence-corrected chi connectivity index (χ2v) is 6.23. The molecule has 27 heavy (non-hydrogen) atoms. The Morgan fingerprint density at radius 1 is 0.963 bits per heavy atom. The summed E-state index contributed by atoms with van der Waals surface area (Å²) in [5, 5.41) is 4.32. The number of para-hydroxylation sites is 1. The highest BCUT2D eigenvalue weighted by Gasteiger charge is 2.29. The maximum absolute atomic E-state index is 13.4. The third kappa shape index (κ3) is 3.44. The molecule has 0 N–H and O–H groups in total. The van der Waals surface area contributed by atoms with Crippen LogP contribution in [-0.4, -0.2) is 46.1 Å². The van der Waals surface area contributed by atoms with Gasteiger partial charge in [-0.3, -0.25) is 9.59 Å². The lowest BCUT2D eigenvalue weighted by atomic mass is 10.2. The molecule has 7 heteroatoms. The predicted octanol–water partition coefficient (Wildman–Crippen LogP) is 2.50. The lowest BCUT2D eigenvalue weighted by Crippen LogP contribution is -2.52. The number of halogens is 1. The van der Waals surface area contributed by atoms with Crippen LogP contribution in [0.2, 0.25) is 0 Å². The Bertz CT molecular complexity index is 986. The molecular formula is C20H17FN4O2. The van der Waals surface area contributed by atoms with Gasteiger partial charge in [-0.25, -0.2) is 9.07 Å². The Kier molecular flexibility index (Phi) is 4.42. The highest BCUT2D eigenvalue weighted by atomic mass is 19.1. The average molecular weight is 364 g/mol. The molecule has 0 atom stereocenters. The second kappa shape index (κ2) is 7.03. The van der Waals surface area contributed by atoms with Gasteiger partial charge in [-0.15, -0.1) is 0 Å². The van der Waals surface area contributed by atoms with E-state index in [2.05, 4.69) is 5.10 Å². The van der Waals surface area contributed by atoms with Crippen molar-refractivity contribution in [1.82, 2.24) is 14.7 Å². The molecule has 0 unspecified atom stereocenters. The van der Waals surface area contributed by atoms with Gasteiger partial charge in [0.15, 0.2) is 5.69 Å². The van der Waals surface area contributed by atoms with Gasteiger partial charge >= 0.3 is 0 Å². The summed E-state index contributed by atoms with van der Waals surface area (Å²) in [5.74, 6) is -0.940. The van der Waals surface area contributed by atoms with Gasteiger partial charge in [0.1, 0.15) is 12.4 Å². The van der Waals surface area contributed by atoms with Crippen LogP contribution >= 0.6 is 0 Å². The highest BCUT2D eigenvalue weighted by Crippen LogP contribution is 2.19. The number of hydrogen-bond acceptors (Lipinski definition) is 3. The monoisotopic (exact) mass is 364 g/mol. The van der Waals surface area contributed by atoms with Crippen LogP contribution in [0.5, 0.6) is 0 Å². The van der Waals surface area contributed by atoms with E-state index >= 15 is 0 Å². The minimum Gasteiger partial charge on any atom is -0.326 e. The van der Waals surface area contributed by atoms with Gasteiger partial charge in [-0.05, 0) is 36.4 Å². The largest absolute Gasteiger partial charge is 0.326 e. The van der Waals surface area contributed by atoms with Crippen LogP contribution in [0.15, 0.2) is 66.9 Å². The van der Waals surface area contributed by atoms with Crippen molar-refractivity contribution in [3.05, 3.63) is 78.4 Å². The Morgan fingerprint density at radius 2 is 1.74 bits per heavy atom. The first-order valence-corrected chi connectivity index (χ1v) is 8.58. The Labute approximate surface area is 155 Å². The van der Waals surface area contributed by atoms with Crippen molar-refractivity contribution < 1.29 is 14.0 Å². The number of carbonyl (C=O) groups is 2. The number of amides is 2. The SMILES string of the molecule is O=C(c1ccn(-c2ccccc2)n1)N1CCN(c2cccc(F)c2)C(=O)C1. The first-order chi connectivity index (χ1) is 13.1. The van der Waals surface area contributed by atoms with E-state index in [0.29, 0.717) is 18.8 Å². The summed E-state index contributed by atoms with van der Waals surface area (Å²) in [6.07, 6.45) is 1.72. The van der Waals surface area contributed by atoms with Crippen molar-refractivity contribution in [3.8, 4) is 5.69 Å². The van der Waals surface area contributed by atoms with Crippen molar-refractivity contribution in [2.24, 2.45) is 0 Å². The van der Waals surface area contributed by atoms with E-state index in [4.69, 9.17) is 0 Å². The van der Waals surface area contributed by atoms with E-state index in [-0.39, 0.29) is 24.1 Å². The standard InChI is InChI=1S/C20H17FN4O2/c21-15-5-4-8-17(13-15)24-12-11-23(14-19(24)26)20(27)18-9-10-25(22-18)16-6-2-1-3-7-16/h1-10,13H,11-12,14H2. The summed E-state index contributed by atoms with van der Waals surface area (Å²) in [5.41, 5.74) is 1.63. The van der Waals surface area contributed by atoms with Gasteiger partial charge < -0.3 is 9.80 Å². The summed E-state index contributed by atoms with van der Waals surface area (Å²) in [7, 11) is 0. The fraction of sp³-hybridized carbons (Fsp3) is 0.150. The van der Waals surface area contributed by atoms with E-state index < -0.39 is 5.82 Å². The zero-order valence-corrected chi connectivity index (χ0v) is 14.5. The van der Waals surface area contributed by atoms with Crippen LogP contribution in [0.3, 0.4) is 0 Å². The molecule has 1 saturated heterocycles. The van der Waals surface area contributed by atoms with Crippen molar-refractivity contribution in [2.75, 3.05) is 24.5 Å². The summed E-state index contributed by atoms with van der Waals surface area (Å²) in [6.45, 7) is 0.611. The molecule has 136 valence electrons. The van der Waals surface area contributed by atoms with Crippen LogP contribution < -0.4 is 4.90 Å². The fourth-order valence-electron chi connectivity index (χ4n) is 3.09. The van der Waals surface area contributed by atoms with Crippen LogP contribution in [-0.2, 0) is 4.79 Å². The number of rotatable bonds is 3. The molecule has 3 aromatic rings. The molecule has 0 aliphatic carbocycles. The van der Waals surface area contributed by atoms with E-state index in [1.807, 2.05) is 30.3 Å². The molecule has 2 aromatic carbocycles. The Morgan fingerprint density at radius 3 is 2.48 bits per heavy atom. The smallest absolute Gasteiger partial charge is 0.274 e. The molecule has 6 nitrogen and oxygen atoms in total. The van der Waals surface area contributed by atoms with Crippen molar-refractivity contribution in [2.45, 2.75) is 0 Å². The number of hydrogen-bond donors (Lipinski definition) is 0. The van der Waals surface area contributed by atoms with Gasteiger partial charge in [0.2, 0.25) is 5.91 Å². The normalized spacial score (nSPS) is 14.5. The number of nitrogens with zero attached hydrogens (tertiary/aromatic N) is 4. The van der Waals surface area contributed by atoms with E-state index in [0.717, 1.165) is 5.69 Å². The number of carbonyl (C=O) groups excluding carboxylic acids is 2. The van der Waals surface area contributed by atoms with E-state index in [1.165, 1.54) is 21.9 Å². The minimum absolute atomic E-state index is 0.0620. The highest BCUT2D eigenvalue weighted by molar-refractivity contribution is 6.01. The number of aromatic nitrogens is 2. The molecule has 1 aliphatic heterocycles. The first-order valence-electron chi connectivity index (χ1n) is 8.58. The van der Waals surface area contributed by atoms with Gasteiger partial charge in [-0.2, -0.15) is 5.10 Å². The van der Waals surface area contributed by atoms with Crippen LogP contribution in [0, 0.1) is 5.82 Å². The minimum atomic E-state index is -0.398. The molecule has 0 bridgehead atoms. The molecule has 0 radical (unpaired) electrons.